The first-order chi connectivity index (χ1) is 9.42. The second-order valence-corrected chi connectivity index (χ2v) is 5.50. The van der Waals surface area contributed by atoms with E-state index in [0.29, 0.717) is 6.42 Å². The van der Waals surface area contributed by atoms with E-state index < -0.39 is 5.97 Å². The molecule has 6 heteroatoms. The molecule has 0 heterocycles. The van der Waals surface area contributed by atoms with Gasteiger partial charge in [0.2, 0.25) is 0 Å². The van der Waals surface area contributed by atoms with Crippen molar-refractivity contribution in [1.29, 1.82) is 0 Å². The Hall–Kier alpha value is -1.56. The number of amides is 2. The van der Waals surface area contributed by atoms with Gasteiger partial charge in [0, 0.05) is 22.6 Å². The van der Waals surface area contributed by atoms with Crippen LogP contribution < -0.4 is 10.6 Å². The predicted molar refractivity (Wildman–Crippen MR) is 82.0 cm³/mol. The topological polar surface area (TPSA) is 78.4 Å². The number of carbonyl (C=O) groups excluding carboxylic acids is 1. The largest absolute Gasteiger partial charge is 0.481 e. The Kier molecular flexibility index (Phi) is 6.51. The highest BCUT2D eigenvalue weighted by Gasteiger charge is 2.10. The van der Waals surface area contributed by atoms with Gasteiger partial charge >= 0.3 is 12.0 Å². The van der Waals surface area contributed by atoms with E-state index >= 15 is 0 Å². The number of halogens is 1. The molecule has 20 heavy (non-hydrogen) atoms. The van der Waals surface area contributed by atoms with Gasteiger partial charge in [-0.05, 0) is 43.5 Å². The Morgan fingerprint density at radius 3 is 2.70 bits per heavy atom. The van der Waals surface area contributed by atoms with Crippen LogP contribution in [-0.4, -0.2) is 23.1 Å². The summed E-state index contributed by atoms with van der Waals surface area (Å²) < 4.78 is 0.968. The van der Waals surface area contributed by atoms with Crippen LogP contribution in [0, 0.1) is 0 Å². The molecule has 0 fully saturated rings. The van der Waals surface area contributed by atoms with Gasteiger partial charge in [-0.1, -0.05) is 22.9 Å². The van der Waals surface area contributed by atoms with Crippen molar-refractivity contribution in [2.24, 2.45) is 0 Å². The first-order valence-electron chi connectivity index (χ1n) is 6.50. The van der Waals surface area contributed by atoms with Gasteiger partial charge in [0.15, 0.2) is 0 Å². The number of carboxylic acid groups (broad SMARTS) is 1. The highest BCUT2D eigenvalue weighted by molar-refractivity contribution is 9.10. The average molecular weight is 343 g/mol. The molecular weight excluding hydrogens is 324 g/mol. The fourth-order valence-corrected chi connectivity index (χ4v) is 2.18. The summed E-state index contributed by atoms with van der Waals surface area (Å²) in [6.07, 6.45) is 1.26. The Morgan fingerprint density at radius 2 is 2.10 bits per heavy atom. The van der Waals surface area contributed by atoms with Crippen molar-refractivity contribution in [2.75, 3.05) is 5.32 Å². The molecule has 0 aliphatic rings. The molecule has 0 aliphatic heterocycles. The minimum absolute atomic E-state index is 0.0416. The molecule has 0 aliphatic carbocycles. The Balaban J connectivity index is 2.56. The Labute approximate surface area is 126 Å². The van der Waals surface area contributed by atoms with E-state index in [2.05, 4.69) is 26.6 Å². The molecular formula is C14H19BrN2O3. The SMILES string of the molecule is CCc1cc(Br)ccc1NC(=O)NC(C)CCC(=O)O. The molecule has 1 rings (SSSR count). The number of aliphatic carboxylic acids is 1. The van der Waals surface area contributed by atoms with Crippen molar-refractivity contribution in [3.8, 4) is 0 Å². The monoisotopic (exact) mass is 342 g/mol. The number of hydrogen-bond acceptors (Lipinski definition) is 2. The van der Waals surface area contributed by atoms with E-state index in [1.54, 1.807) is 6.92 Å². The highest BCUT2D eigenvalue weighted by atomic mass is 79.9. The number of aryl methyl sites for hydroxylation is 1. The molecule has 1 aromatic rings. The zero-order valence-corrected chi connectivity index (χ0v) is 13.2. The molecule has 0 aromatic heterocycles. The zero-order valence-electron chi connectivity index (χ0n) is 11.6. The summed E-state index contributed by atoms with van der Waals surface area (Å²) in [4.78, 5) is 22.3. The predicted octanol–water partition coefficient (Wildman–Crippen LogP) is 3.39. The summed E-state index contributed by atoms with van der Waals surface area (Å²) in [7, 11) is 0. The summed E-state index contributed by atoms with van der Waals surface area (Å²) in [6, 6.07) is 5.16. The summed E-state index contributed by atoms with van der Waals surface area (Å²) in [5.74, 6) is -0.861. The van der Waals surface area contributed by atoms with E-state index in [-0.39, 0.29) is 18.5 Å². The maximum Gasteiger partial charge on any atom is 0.319 e. The lowest BCUT2D eigenvalue weighted by Crippen LogP contribution is -2.36. The molecule has 0 spiro atoms. The molecule has 3 N–H and O–H groups in total. The minimum atomic E-state index is -0.861. The normalized spacial score (nSPS) is 11.8. The third kappa shape index (κ3) is 5.61. The quantitative estimate of drug-likeness (QED) is 0.741. The summed E-state index contributed by atoms with van der Waals surface area (Å²) >= 11 is 3.39. The summed E-state index contributed by atoms with van der Waals surface area (Å²) in [6.45, 7) is 3.80. The van der Waals surface area contributed by atoms with E-state index in [1.807, 2.05) is 25.1 Å². The molecule has 1 unspecified atom stereocenters. The Morgan fingerprint density at radius 1 is 1.40 bits per heavy atom. The number of anilines is 1. The van der Waals surface area contributed by atoms with Gasteiger partial charge in [-0.3, -0.25) is 4.79 Å². The first-order valence-corrected chi connectivity index (χ1v) is 7.29. The standard InChI is InChI=1S/C14H19BrN2O3/c1-3-10-8-11(15)5-6-12(10)17-14(20)16-9(2)4-7-13(18)19/h5-6,8-9H,3-4,7H2,1-2H3,(H,18,19)(H2,16,17,20). The average Bonchev–Trinajstić information content (AvgIpc) is 2.38. The second kappa shape index (κ2) is 7.89. The molecule has 1 atom stereocenters. The van der Waals surface area contributed by atoms with Crippen molar-refractivity contribution in [3.63, 3.8) is 0 Å². The van der Waals surface area contributed by atoms with Gasteiger partial charge in [-0.15, -0.1) is 0 Å². The molecule has 0 radical (unpaired) electrons. The number of carboxylic acids is 1. The van der Waals surface area contributed by atoms with Crippen molar-refractivity contribution >= 4 is 33.6 Å². The van der Waals surface area contributed by atoms with Crippen LogP contribution in [0.4, 0.5) is 10.5 Å². The number of carbonyl (C=O) groups is 2. The van der Waals surface area contributed by atoms with E-state index in [4.69, 9.17) is 5.11 Å². The third-order valence-electron chi connectivity index (χ3n) is 2.87. The van der Waals surface area contributed by atoms with E-state index in [9.17, 15) is 9.59 Å². The van der Waals surface area contributed by atoms with Crippen LogP contribution in [0.25, 0.3) is 0 Å². The lowest BCUT2D eigenvalue weighted by molar-refractivity contribution is -0.137. The lowest BCUT2D eigenvalue weighted by atomic mass is 10.1. The van der Waals surface area contributed by atoms with Crippen LogP contribution in [0.1, 0.15) is 32.3 Å². The van der Waals surface area contributed by atoms with Gasteiger partial charge in [-0.2, -0.15) is 0 Å². The number of nitrogens with one attached hydrogen (secondary N) is 2. The maximum atomic E-state index is 11.8. The lowest BCUT2D eigenvalue weighted by Gasteiger charge is -2.15. The van der Waals surface area contributed by atoms with Gasteiger partial charge in [0.05, 0.1) is 0 Å². The number of benzene rings is 1. The number of hydrogen-bond donors (Lipinski definition) is 3. The molecule has 0 saturated heterocycles. The molecule has 5 nitrogen and oxygen atoms in total. The van der Waals surface area contributed by atoms with Crippen LogP contribution in [0.2, 0.25) is 0 Å². The molecule has 0 bridgehead atoms. The van der Waals surface area contributed by atoms with Gasteiger partial charge in [-0.25, -0.2) is 4.79 Å². The zero-order chi connectivity index (χ0) is 15.1. The number of urea groups is 1. The maximum absolute atomic E-state index is 11.8. The second-order valence-electron chi connectivity index (χ2n) is 4.59. The van der Waals surface area contributed by atoms with Crippen LogP contribution in [0.3, 0.4) is 0 Å². The van der Waals surface area contributed by atoms with Gasteiger partial charge in [0.25, 0.3) is 0 Å². The van der Waals surface area contributed by atoms with Crippen molar-refractivity contribution < 1.29 is 14.7 Å². The molecule has 0 saturated carbocycles. The van der Waals surface area contributed by atoms with Crippen LogP contribution in [-0.2, 0) is 11.2 Å². The highest BCUT2D eigenvalue weighted by Crippen LogP contribution is 2.21. The van der Waals surface area contributed by atoms with Crippen molar-refractivity contribution in [2.45, 2.75) is 39.2 Å². The van der Waals surface area contributed by atoms with Crippen LogP contribution >= 0.6 is 15.9 Å². The fourth-order valence-electron chi connectivity index (χ4n) is 1.77. The van der Waals surface area contributed by atoms with E-state index in [0.717, 1.165) is 22.1 Å². The molecule has 2 amide bonds. The molecule has 110 valence electrons. The van der Waals surface area contributed by atoms with Crippen LogP contribution in [0.5, 0.6) is 0 Å². The van der Waals surface area contributed by atoms with Gasteiger partial charge < -0.3 is 15.7 Å². The minimum Gasteiger partial charge on any atom is -0.481 e. The fraction of sp³-hybridized carbons (Fsp3) is 0.429. The van der Waals surface area contributed by atoms with Crippen molar-refractivity contribution in [3.05, 3.63) is 28.2 Å². The smallest absolute Gasteiger partial charge is 0.319 e. The summed E-state index contributed by atoms with van der Waals surface area (Å²) in [5, 5.41) is 14.1. The molecule has 1 aromatic carbocycles. The Bertz CT molecular complexity index is 491. The van der Waals surface area contributed by atoms with Gasteiger partial charge in [0.1, 0.15) is 0 Å². The van der Waals surface area contributed by atoms with Crippen LogP contribution in [0.15, 0.2) is 22.7 Å². The summed E-state index contributed by atoms with van der Waals surface area (Å²) in [5.41, 5.74) is 1.80. The van der Waals surface area contributed by atoms with E-state index in [1.165, 1.54) is 0 Å². The van der Waals surface area contributed by atoms with Crippen molar-refractivity contribution in [1.82, 2.24) is 5.32 Å². The third-order valence-corrected chi connectivity index (χ3v) is 3.36. The first kappa shape index (κ1) is 16.5. The number of rotatable bonds is 6.